The smallest absolute Gasteiger partial charge is 0.433 e. The van der Waals surface area contributed by atoms with Crippen LogP contribution < -0.4 is 14.9 Å². The van der Waals surface area contributed by atoms with Gasteiger partial charge in [0.2, 0.25) is 5.76 Å². The number of ether oxygens (including phenoxy) is 2. The van der Waals surface area contributed by atoms with Crippen LogP contribution in [0.1, 0.15) is 16.1 Å². The first-order chi connectivity index (χ1) is 15.7. The molecule has 0 aliphatic rings. The van der Waals surface area contributed by atoms with E-state index in [1.165, 1.54) is 18.3 Å². The van der Waals surface area contributed by atoms with Crippen molar-refractivity contribution >= 4 is 71.8 Å². The number of nitro groups is 1. The number of hydrogen-bond acceptors (Lipinski definition) is 8. The maximum atomic E-state index is 12.1. The van der Waals surface area contributed by atoms with E-state index in [2.05, 4.69) is 58.3 Å². The van der Waals surface area contributed by atoms with E-state index in [1.807, 2.05) is 0 Å². The van der Waals surface area contributed by atoms with Crippen LogP contribution in [0, 0.1) is 10.1 Å². The summed E-state index contributed by atoms with van der Waals surface area (Å²) in [5.74, 6) is -1.64. The Bertz CT molecular complexity index is 1220. The van der Waals surface area contributed by atoms with Crippen molar-refractivity contribution in [2.75, 3.05) is 6.61 Å². The van der Waals surface area contributed by atoms with Crippen molar-refractivity contribution < 1.29 is 28.4 Å². The zero-order chi connectivity index (χ0) is 24.0. The van der Waals surface area contributed by atoms with E-state index in [9.17, 15) is 19.7 Å². The molecule has 33 heavy (non-hydrogen) atoms. The fraction of sp³-hybridized carbons (Fsp3) is 0.0500. The predicted molar refractivity (Wildman–Crippen MR) is 128 cm³/mol. The van der Waals surface area contributed by atoms with E-state index in [0.29, 0.717) is 20.3 Å². The Morgan fingerprint density at radius 1 is 1.12 bits per heavy atom. The maximum Gasteiger partial charge on any atom is 0.433 e. The Hall–Kier alpha value is -3.03. The zero-order valence-corrected chi connectivity index (χ0v) is 21.0. The van der Waals surface area contributed by atoms with Crippen molar-refractivity contribution in [3.05, 3.63) is 83.4 Å². The molecule has 0 saturated heterocycles. The number of rotatable bonds is 8. The van der Waals surface area contributed by atoms with Gasteiger partial charge < -0.3 is 13.9 Å². The first-order valence-corrected chi connectivity index (χ1v) is 11.3. The first kappa shape index (κ1) is 24.6. The molecular weight excluding hydrogens is 634 g/mol. The SMILES string of the molecule is O=C(COc1c(Br)cc(Br)cc1Br)NN=Cc1cccc(OC(=O)c2ccc([N+](=O)[O-])o2)c1. The summed E-state index contributed by atoms with van der Waals surface area (Å²) >= 11 is 10.1. The minimum atomic E-state index is -0.895. The molecule has 3 aromatic rings. The number of benzene rings is 2. The zero-order valence-electron chi connectivity index (χ0n) is 16.3. The molecular formula is C20H12Br3N3O7. The fourth-order valence-electron chi connectivity index (χ4n) is 2.37. The molecule has 0 radical (unpaired) electrons. The standard InChI is InChI=1S/C20H12Br3N3O7/c21-12-7-14(22)19(15(23)8-12)31-10-17(27)25-24-9-11-2-1-3-13(6-11)32-20(28)16-4-5-18(33-16)26(29)30/h1-9H,10H2,(H,25,27). The molecule has 0 aliphatic carbocycles. The molecule has 0 fully saturated rings. The van der Waals surface area contributed by atoms with E-state index >= 15 is 0 Å². The van der Waals surface area contributed by atoms with Gasteiger partial charge in [-0.3, -0.25) is 14.9 Å². The van der Waals surface area contributed by atoms with Gasteiger partial charge in [0.05, 0.1) is 21.2 Å². The van der Waals surface area contributed by atoms with Crippen LogP contribution in [0.2, 0.25) is 0 Å². The average molecular weight is 646 g/mol. The molecule has 10 nitrogen and oxygen atoms in total. The van der Waals surface area contributed by atoms with Gasteiger partial charge in [-0.15, -0.1) is 0 Å². The lowest BCUT2D eigenvalue weighted by molar-refractivity contribution is -0.402. The summed E-state index contributed by atoms with van der Waals surface area (Å²) in [6.45, 7) is -0.275. The average Bonchev–Trinajstić information content (AvgIpc) is 3.24. The fourth-order valence-corrected chi connectivity index (χ4v) is 4.85. The van der Waals surface area contributed by atoms with E-state index in [1.54, 1.807) is 24.3 Å². The van der Waals surface area contributed by atoms with Crippen LogP contribution in [0.25, 0.3) is 0 Å². The summed E-state index contributed by atoms with van der Waals surface area (Å²) in [6, 6.07) is 12.0. The summed E-state index contributed by atoms with van der Waals surface area (Å²) < 4.78 is 17.6. The van der Waals surface area contributed by atoms with E-state index in [-0.39, 0.29) is 18.1 Å². The minimum Gasteiger partial charge on any atom is -0.481 e. The highest BCUT2D eigenvalue weighted by molar-refractivity contribution is 9.11. The first-order valence-electron chi connectivity index (χ1n) is 8.88. The predicted octanol–water partition coefficient (Wildman–Crippen LogP) is 5.22. The van der Waals surface area contributed by atoms with Gasteiger partial charge in [0, 0.05) is 4.47 Å². The van der Waals surface area contributed by atoms with Crippen molar-refractivity contribution in [3.8, 4) is 11.5 Å². The second-order valence-electron chi connectivity index (χ2n) is 6.14. The Kier molecular flexibility index (Phi) is 8.36. The molecule has 0 bridgehead atoms. The van der Waals surface area contributed by atoms with Gasteiger partial charge in [-0.25, -0.2) is 10.2 Å². The molecule has 0 unspecified atom stereocenters. The van der Waals surface area contributed by atoms with Crippen LogP contribution in [0.15, 0.2) is 71.5 Å². The van der Waals surface area contributed by atoms with Crippen LogP contribution in [-0.4, -0.2) is 29.6 Å². The lowest BCUT2D eigenvalue weighted by atomic mass is 10.2. The van der Waals surface area contributed by atoms with Gasteiger partial charge in [-0.2, -0.15) is 5.10 Å². The van der Waals surface area contributed by atoms with E-state index in [0.717, 1.165) is 16.6 Å². The number of nitrogens with one attached hydrogen (secondary N) is 1. The Morgan fingerprint density at radius 3 is 2.52 bits per heavy atom. The van der Waals surface area contributed by atoms with Crippen molar-refractivity contribution in [1.82, 2.24) is 5.43 Å². The lowest BCUT2D eigenvalue weighted by Gasteiger charge is -2.09. The Labute approximate surface area is 211 Å². The maximum absolute atomic E-state index is 12.1. The highest BCUT2D eigenvalue weighted by Crippen LogP contribution is 2.36. The molecule has 0 atom stereocenters. The molecule has 1 aromatic heterocycles. The number of nitrogens with zero attached hydrogens (tertiary/aromatic N) is 2. The summed E-state index contributed by atoms with van der Waals surface area (Å²) in [7, 11) is 0. The largest absolute Gasteiger partial charge is 0.481 e. The normalized spacial score (nSPS) is 10.8. The third kappa shape index (κ3) is 6.97. The number of esters is 1. The molecule has 0 spiro atoms. The van der Waals surface area contributed by atoms with E-state index < -0.39 is 22.7 Å². The van der Waals surface area contributed by atoms with Gasteiger partial charge >= 0.3 is 11.9 Å². The second kappa shape index (κ2) is 11.2. The topological polar surface area (TPSA) is 133 Å². The number of carbonyl (C=O) groups excluding carboxylic acids is 2. The third-order valence-electron chi connectivity index (χ3n) is 3.76. The van der Waals surface area contributed by atoms with Crippen LogP contribution in [0.3, 0.4) is 0 Å². The van der Waals surface area contributed by atoms with Crippen molar-refractivity contribution in [2.45, 2.75) is 0 Å². The molecule has 1 N–H and O–H groups in total. The highest BCUT2D eigenvalue weighted by Gasteiger charge is 2.19. The van der Waals surface area contributed by atoms with Crippen LogP contribution in [0.5, 0.6) is 11.5 Å². The third-order valence-corrected chi connectivity index (χ3v) is 5.39. The summed E-state index contributed by atoms with van der Waals surface area (Å²) in [5.41, 5.74) is 2.85. The lowest BCUT2D eigenvalue weighted by Crippen LogP contribution is -2.24. The monoisotopic (exact) mass is 643 g/mol. The second-order valence-corrected chi connectivity index (χ2v) is 8.76. The number of hydrazone groups is 1. The molecule has 170 valence electrons. The summed E-state index contributed by atoms with van der Waals surface area (Å²) in [6.07, 6.45) is 1.35. The molecule has 2 aromatic carbocycles. The van der Waals surface area contributed by atoms with E-state index in [4.69, 9.17) is 13.9 Å². The number of furan rings is 1. The number of carbonyl (C=O) groups is 2. The number of amides is 1. The highest BCUT2D eigenvalue weighted by atomic mass is 79.9. The van der Waals surface area contributed by atoms with Crippen LogP contribution >= 0.6 is 47.8 Å². The van der Waals surface area contributed by atoms with Gasteiger partial charge in [0.15, 0.2) is 6.61 Å². The van der Waals surface area contributed by atoms with Crippen LogP contribution in [0.4, 0.5) is 5.88 Å². The van der Waals surface area contributed by atoms with Crippen molar-refractivity contribution in [3.63, 3.8) is 0 Å². The Balaban J connectivity index is 1.54. The molecule has 3 rings (SSSR count). The van der Waals surface area contributed by atoms with Gasteiger partial charge in [-0.05, 0) is 67.8 Å². The van der Waals surface area contributed by atoms with Gasteiger partial charge in [0.25, 0.3) is 5.91 Å². The number of halogens is 3. The van der Waals surface area contributed by atoms with Gasteiger partial charge in [0.1, 0.15) is 16.4 Å². The molecule has 13 heteroatoms. The van der Waals surface area contributed by atoms with Crippen LogP contribution in [-0.2, 0) is 4.79 Å². The molecule has 0 saturated carbocycles. The van der Waals surface area contributed by atoms with Crippen molar-refractivity contribution in [2.24, 2.45) is 5.10 Å². The summed E-state index contributed by atoms with van der Waals surface area (Å²) in [4.78, 5) is 34.0. The van der Waals surface area contributed by atoms with Crippen molar-refractivity contribution in [1.29, 1.82) is 0 Å². The molecule has 1 amide bonds. The van der Waals surface area contributed by atoms with Gasteiger partial charge in [-0.1, -0.05) is 28.1 Å². The Morgan fingerprint density at radius 2 is 1.85 bits per heavy atom. The molecule has 0 aliphatic heterocycles. The summed E-state index contributed by atoms with van der Waals surface area (Å²) in [5, 5.41) is 14.5. The molecule has 1 heterocycles. The quantitative estimate of drug-likeness (QED) is 0.117. The number of hydrogen-bond donors (Lipinski definition) is 1. The minimum absolute atomic E-state index is 0.155.